The van der Waals surface area contributed by atoms with E-state index in [2.05, 4.69) is 5.32 Å². The van der Waals surface area contributed by atoms with E-state index in [4.69, 9.17) is 0 Å². The highest BCUT2D eigenvalue weighted by atomic mass is 32.2. The summed E-state index contributed by atoms with van der Waals surface area (Å²) in [6, 6.07) is 20.5. The lowest BCUT2D eigenvalue weighted by Gasteiger charge is -2.33. The minimum Gasteiger partial charge on any atom is -0.352 e. The van der Waals surface area contributed by atoms with Gasteiger partial charge in [-0.15, -0.1) is 0 Å². The summed E-state index contributed by atoms with van der Waals surface area (Å²) in [5.74, 6) is -0.754. The van der Waals surface area contributed by atoms with Crippen molar-refractivity contribution in [3.63, 3.8) is 0 Å². The second-order valence-electron chi connectivity index (χ2n) is 10.0. The van der Waals surface area contributed by atoms with E-state index >= 15 is 0 Å². The molecule has 208 valence electrons. The van der Waals surface area contributed by atoms with Crippen molar-refractivity contribution in [2.75, 3.05) is 10.8 Å². The van der Waals surface area contributed by atoms with Gasteiger partial charge in [-0.1, -0.05) is 67.1 Å². The van der Waals surface area contributed by atoms with Gasteiger partial charge in [0, 0.05) is 12.6 Å². The van der Waals surface area contributed by atoms with Crippen LogP contribution >= 0.6 is 0 Å². The molecule has 0 fully saturated rings. The molecule has 1 N–H and O–H groups in total. The Hall–Kier alpha value is -3.65. The number of hydrogen-bond acceptors (Lipinski definition) is 4. The van der Waals surface area contributed by atoms with Crippen molar-refractivity contribution in [2.45, 2.75) is 71.5 Å². The number of hydrogen-bond donors (Lipinski definition) is 1. The summed E-state index contributed by atoms with van der Waals surface area (Å²) in [4.78, 5) is 28.7. The number of nitrogens with zero attached hydrogens (tertiary/aromatic N) is 2. The van der Waals surface area contributed by atoms with Crippen LogP contribution < -0.4 is 9.62 Å². The van der Waals surface area contributed by atoms with Crippen molar-refractivity contribution in [1.82, 2.24) is 10.2 Å². The summed E-state index contributed by atoms with van der Waals surface area (Å²) in [6.45, 7) is 10.9. The smallest absolute Gasteiger partial charge is 0.264 e. The van der Waals surface area contributed by atoms with Crippen molar-refractivity contribution < 1.29 is 18.0 Å². The molecule has 0 aliphatic carbocycles. The zero-order valence-electron chi connectivity index (χ0n) is 23.6. The van der Waals surface area contributed by atoms with Crippen molar-refractivity contribution in [3.8, 4) is 0 Å². The number of sulfonamides is 1. The van der Waals surface area contributed by atoms with Crippen LogP contribution in [0.2, 0.25) is 0 Å². The number of anilines is 1. The molecule has 0 radical (unpaired) electrons. The number of aryl methyl sites for hydroxylation is 2. The topological polar surface area (TPSA) is 86.8 Å². The lowest BCUT2D eigenvalue weighted by Crippen LogP contribution is -2.52. The SMILES string of the molecule is CC[C@@H](C)NC(=O)[C@@H](C)N(Cc1ccccc1)C(=O)CN(c1cccc(C)c1C)S(=O)(=O)c1ccc(C)cc1. The van der Waals surface area contributed by atoms with Crippen LogP contribution in [0.1, 0.15) is 49.4 Å². The fraction of sp³-hybridized carbons (Fsp3) is 0.355. The monoisotopic (exact) mass is 549 g/mol. The normalized spacial score (nSPS) is 12.9. The molecule has 3 rings (SSSR count). The summed E-state index contributed by atoms with van der Waals surface area (Å²) in [5, 5.41) is 2.95. The van der Waals surface area contributed by atoms with E-state index in [0.29, 0.717) is 5.69 Å². The van der Waals surface area contributed by atoms with Gasteiger partial charge in [0.1, 0.15) is 12.6 Å². The molecule has 3 aromatic rings. The first-order chi connectivity index (χ1) is 18.4. The van der Waals surface area contributed by atoms with Crippen molar-refractivity contribution in [1.29, 1.82) is 0 Å². The molecule has 3 aromatic carbocycles. The van der Waals surface area contributed by atoms with Crippen molar-refractivity contribution in [2.24, 2.45) is 0 Å². The fourth-order valence-corrected chi connectivity index (χ4v) is 5.66. The molecule has 0 aliphatic rings. The molecule has 0 unspecified atom stereocenters. The zero-order valence-corrected chi connectivity index (χ0v) is 24.5. The highest BCUT2D eigenvalue weighted by Gasteiger charge is 2.33. The first kappa shape index (κ1) is 29.9. The van der Waals surface area contributed by atoms with E-state index in [0.717, 1.165) is 28.7 Å². The van der Waals surface area contributed by atoms with Crippen LogP contribution in [0.4, 0.5) is 5.69 Å². The van der Waals surface area contributed by atoms with Gasteiger partial charge in [-0.3, -0.25) is 13.9 Å². The lowest BCUT2D eigenvalue weighted by atomic mass is 10.1. The van der Waals surface area contributed by atoms with Crippen LogP contribution in [0.25, 0.3) is 0 Å². The Morgan fingerprint density at radius 2 is 1.51 bits per heavy atom. The summed E-state index contributed by atoms with van der Waals surface area (Å²) < 4.78 is 29.1. The van der Waals surface area contributed by atoms with Gasteiger partial charge < -0.3 is 10.2 Å². The molecule has 7 nitrogen and oxygen atoms in total. The minimum atomic E-state index is -4.10. The van der Waals surface area contributed by atoms with E-state index < -0.39 is 28.5 Å². The molecular weight excluding hydrogens is 510 g/mol. The summed E-state index contributed by atoms with van der Waals surface area (Å²) in [5.41, 5.74) is 3.87. The third-order valence-corrected chi connectivity index (χ3v) is 8.87. The molecule has 0 saturated heterocycles. The third-order valence-electron chi connectivity index (χ3n) is 7.10. The molecule has 0 spiro atoms. The number of nitrogens with one attached hydrogen (secondary N) is 1. The lowest BCUT2D eigenvalue weighted by molar-refractivity contribution is -0.139. The Balaban J connectivity index is 2.05. The molecule has 39 heavy (non-hydrogen) atoms. The van der Waals surface area contributed by atoms with E-state index in [-0.39, 0.29) is 23.4 Å². The zero-order chi connectivity index (χ0) is 28.7. The molecule has 8 heteroatoms. The minimum absolute atomic E-state index is 0.0537. The number of benzene rings is 3. The first-order valence-corrected chi connectivity index (χ1v) is 14.7. The van der Waals surface area contributed by atoms with Gasteiger partial charge in [-0.2, -0.15) is 0 Å². The van der Waals surface area contributed by atoms with Crippen LogP contribution in [0.3, 0.4) is 0 Å². The largest absolute Gasteiger partial charge is 0.352 e. The Morgan fingerprint density at radius 3 is 2.13 bits per heavy atom. The predicted octanol–water partition coefficient (Wildman–Crippen LogP) is 5.14. The second kappa shape index (κ2) is 12.9. The number of amides is 2. The second-order valence-corrected chi connectivity index (χ2v) is 11.9. The third kappa shape index (κ3) is 7.26. The number of carbonyl (C=O) groups is 2. The average Bonchev–Trinajstić information content (AvgIpc) is 2.92. The maximum Gasteiger partial charge on any atom is 0.264 e. The van der Waals surface area contributed by atoms with Crippen LogP contribution in [-0.2, 0) is 26.2 Å². The van der Waals surface area contributed by atoms with Crippen LogP contribution in [0, 0.1) is 20.8 Å². The fourth-order valence-electron chi connectivity index (χ4n) is 4.18. The van der Waals surface area contributed by atoms with E-state index in [9.17, 15) is 18.0 Å². The maximum absolute atomic E-state index is 14.0. The van der Waals surface area contributed by atoms with Gasteiger partial charge in [-0.05, 0) is 75.9 Å². The van der Waals surface area contributed by atoms with Gasteiger partial charge in [-0.25, -0.2) is 8.42 Å². The molecule has 0 saturated carbocycles. The molecule has 0 heterocycles. The highest BCUT2D eigenvalue weighted by Crippen LogP contribution is 2.29. The van der Waals surface area contributed by atoms with Crippen LogP contribution in [0.5, 0.6) is 0 Å². The van der Waals surface area contributed by atoms with Gasteiger partial charge in [0.2, 0.25) is 11.8 Å². The van der Waals surface area contributed by atoms with Crippen molar-refractivity contribution in [3.05, 3.63) is 95.1 Å². The Morgan fingerprint density at radius 1 is 0.872 bits per heavy atom. The average molecular weight is 550 g/mol. The predicted molar refractivity (Wildman–Crippen MR) is 156 cm³/mol. The molecular formula is C31H39N3O4S. The maximum atomic E-state index is 14.0. The molecule has 0 aromatic heterocycles. The molecule has 2 atom stereocenters. The summed E-state index contributed by atoms with van der Waals surface area (Å²) in [6.07, 6.45) is 0.750. The standard InChI is InChI=1S/C31H39N3O4S/c1-7-24(4)32-31(36)26(6)33(20-27-13-9-8-10-14-27)30(35)21-34(29-15-11-12-23(3)25(29)5)39(37,38)28-18-16-22(2)17-19-28/h8-19,24,26H,7,20-21H2,1-6H3,(H,32,36)/t24-,26-/m1/s1. The van der Waals surface area contributed by atoms with Crippen LogP contribution in [0.15, 0.2) is 77.7 Å². The first-order valence-electron chi connectivity index (χ1n) is 13.2. The van der Waals surface area contributed by atoms with E-state index in [1.165, 1.54) is 9.21 Å². The molecule has 0 aliphatic heterocycles. The quantitative estimate of drug-likeness (QED) is 0.359. The number of rotatable bonds is 11. The van der Waals surface area contributed by atoms with Crippen LogP contribution in [-0.4, -0.2) is 43.8 Å². The van der Waals surface area contributed by atoms with Gasteiger partial charge in [0.25, 0.3) is 10.0 Å². The Labute approximate surface area is 232 Å². The van der Waals surface area contributed by atoms with Crippen molar-refractivity contribution >= 4 is 27.5 Å². The van der Waals surface area contributed by atoms with E-state index in [1.807, 2.05) is 71.0 Å². The van der Waals surface area contributed by atoms with E-state index in [1.54, 1.807) is 43.3 Å². The highest BCUT2D eigenvalue weighted by molar-refractivity contribution is 7.92. The van der Waals surface area contributed by atoms with Gasteiger partial charge >= 0.3 is 0 Å². The van der Waals surface area contributed by atoms with Gasteiger partial charge in [0.05, 0.1) is 10.6 Å². The summed E-state index contributed by atoms with van der Waals surface area (Å²) >= 11 is 0. The molecule has 2 amide bonds. The Bertz CT molecular complexity index is 1390. The summed E-state index contributed by atoms with van der Waals surface area (Å²) in [7, 11) is -4.10. The van der Waals surface area contributed by atoms with Gasteiger partial charge in [0.15, 0.2) is 0 Å². The number of carbonyl (C=O) groups excluding carboxylic acids is 2. The molecule has 0 bridgehead atoms. The Kier molecular flexibility index (Phi) is 9.92.